The number of rotatable bonds is 9. The lowest BCUT2D eigenvalue weighted by atomic mass is 9.93. The van der Waals surface area contributed by atoms with Gasteiger partial charge >= 0.3 is 7.60 Å². The van der Waals surface area contributed by atoms with E-state index in [4.69, 9.17) is 9.26 Å². The summed E-state index contributed by atoms with van der Waals surface area (Å²) in [5.41, 5.74) is -0.575. The Balaban J connectivity index is 1.83. The number of imidazole rings is 1. The number of ether oxygens (including phenoxy) is 1. The van der Waals surface area contributed by atoms with E-state index in [2.05, 4.69) is 20.3 Å². The standard InChI is InChI=1S/C19H32N5O6P/c1-6-11(3)31(27,28)30-19(4,7-2)8-12-14(25)15(26)18(29-12)24-10-23-13-16(20-5)21-9-22-17(13)24/h9-12,14-15,18,25-26H,6-8H2,1-5H3,(H,27,28)(H,20,21,22). The first kappa shape index (κ1) is 24.0. The SMILES string of the molecule is CCC(C)P(=O)(O)OC(C)(CC)CC1OC(n2cnc3c(NC)ncnc32)C(O)C1O. The minimum Gasteiger partial charge on any atom is -0.388 e. The summed E-state index contributed by atoms with van der Waals surface area (Å²) >= 11 is 0. The summed E-state index contributed by atoms with van der Waals surface area (Å²) in [5, 5.41) is 24.3. The Kier molecular flexibility index (Phi) is 7.05. The van der Waals surface area contributed by atoms with Crippen molar-refractivity contribution in [1.82, 2.24) is 19.5 Å². The molecule has 2 aromatic rings. The quantitative estimate of drug-likeness (QED) is 0.412. The van der Waals surface area contributed by atoms with Gasteiger partial charge in [-0.1, -0.05) is 20.8 Å². The summed E-state index contributed by atoms with van der Waals surface area (Å²) in [6.45, 7) is 7.05. The smallest absolute Gasteiger partial charge is 0.331 e. The molecule has 0 spiro atoms. The van der Waals surface area contributed by atoms with Gasteiger partial charge in [0.05, 0.1) is 23.7 Å². The molecule has 0 aromatic carbocycles. The monoisotopic (exact) mass is 457 g/mol. The molecule has 12 heteroatoms. The van der Waals surface area contributed by atoms with Crippen LogP contribution in [0.2, 0.25) is 0 Å². The Bertz CT molecular complexity index is 957. The molecule has 1 aliphatic heterocycles. The highest BCUT2D eigenvalue weighted by molar-refractivity contribution is 7.53. The molecule has 31 heavy (non-hydrogen) atoms. The van der Waals surface area contributed by atoms with Crippen molar-refractivity contribution in [3.05, 3.63) is 12.7 Å². The zero-order chi connectivity index (χ0) is 23.0. The molecule has 1 aliphatic rings. The second-order valence-corrected chi connectivity index (χ2v) is 10.5. The molecule has 1 saturated heterocycles. The lowest BCUT2D eigenvalue weighted by Gasteiger charge is -2.35. The van der Waals surface area contributed by atoms with E-state index in [1.165, 1.54) is 12.7 Å². The van der Waals surface area contributed by atoms with Gasteiger partial charge in [-0.2, -0.15) is 0 Å². The van der Waals surface area contributed by atoms with Crippen LogP contribution in [0.1, 0.15) is 53.2 Å². The molecule has 1 fully saturated rings. The van der Waals surface area contributed by atoms with Crippen LogP contribution in [-0.4, -0.2) is 71.2 Å². The minimum absolute atomic E-state index is 0.128. The molecule has 7 atom stereocenters. The van der Waals surface area contributed by atoms with Crippen molar-refractivity contribution in [2.24, 2.45) is 0 Å². The zero-order valence-corrected chi connectivity index (χ0v) is 19.4. The van der Waals surface area contributed by atoms with Gasteiger partial charge in [-0.15, -0.1) is 0 Å². The number of aliphatic hydroxyl groups is 2. The van der Waals surface area contributed by atoms with Gasteiger partial charge < -0.3 is 29.7 Å². The normalized spacial score (nSPS) is 28.9. The fourth-order valence-electron chi connectivity index (χ4n) is 3.66. The predicted molar refractivity (Wildman–Crippen MR) is 115 cm³/mol. The van der Waals surface area contributed by atoms with Crippen LogP contribution in [0.4, 0.5) is 5.82 Å². The van der Waals surface area contributed by atoms with E-state index in [1.54, 1.807) is 25.5 Å². The summed E-state index contributed by atoms with van der Waals surface area (Å²) in [7, 11) is -2.14. The first-order chi connectivity index (χ1) is 14.6. The highest BCUT2D eigenvalue weighted by atomic mass is 31.2. The van der Waals surface area contributed by atoms with Crippen molar-refractivity contribution >= 4 is 24.6 Å². The number of anilines is 1. The van der Waals surface area contributed by atoms with Gasteiger partial charge in [-0.3, -0.25) is 9.13 Å². The van der Waals surface area contributed by atoms with Crippen LogP contribution in [0.25, 0.3) is 11.2 Å². The largest absolute Gasteiger partial charge is 0.388 e. The van der Waals surface area contributed by atoms with Crippen LogP contribution in [0.15, 0.2) is 12.7 Å². The lowest BCUT2D eigenvalue weighted by molar-refractivity contribution is -0.0654. The Morgan fingerprint density at radius 2 is 2.03 bits per heavy atom. The molecule has 0 bridgehead atoms. The predicted octanol–water partition coefficient (Wildman–Crippen LogP) is 2.05. The maximum atomic E-state index is 12.6. The minimum atomic E-state index is -3.86. The van der Waals surface area contributed by atoms with Gasteiger partial charge in [0.1, 0.15) is 24.1 Å². The molecule has 174 valence electrons. The molecule has 2 aromatic heterocycles. The summed E-state index contributed by atoms with van der Waals surface area (Å²) < 4.78 is 25.9. The first-order valence-corrected chi connectivity index (χ1v) is 12.1. The molecule has 0 aliphatic carbocycles. The summed E-state index contributed by atoms with van der Waals surface area (Å²) in [6, 6.07) is 0. The van der Waals surface area contributed by atoms with E-state index >= 15 is 0 Å². The molecule has 3 rings (SSSR count). The van der Waals surface area contributed by atoms with Crippen LogP contribution in [0.3, 0.4) is 0 Å². The van der Waals surface area contributed by atoms with Crippen LogP contribution in [0.5, 0.6) is 0 Å². The molecule has 0 amide bonds. The van der Waals surface area contributed by atoms with Crippen LogP contribution in [0, 0.1) is 0 Å². The second-order valence-electron chi connectivity index (χ2n) is 8.26. The van der Waals surface area contributed by atoms with Gasteiger partial charge in [0.25, 0.3) is 0 Å². The van der Waals surface area contributed by atoms with Crippen molar-refractivity contribution < 1.29 is 28.9 Å². The highest BCUT2D eigenvalue weighted by Crippen LogP contribution is 2.54. The molecule has 7 unspecified atom stereocenters. The third kappa shape index (κ3) is 4.62. The van der Waals surface area contributed by atoms with Crippen LogP contribution < -0.4 is 5.32 Å². The van der Waals surface area contributed by atoms with E-state index in [0.29, 0.717) is 29.8 Å². The maximum Gasteiger partial charge on any atom is 0.331 e. The summed E-state index contributed by atoms with van der Waals surface area (Å²) in [6.07, 6.45) is -0.305. The first-order valence-electron chi connectivity index (χ1n) is 10.5. The molecule has 3 heterocycles. The van der Waals surface area contributed by atoms with Gasteiger partial charge in [-0.25, -0.2) is 15.0 Å². The van der Waals surface area contributed by atoms with Crippen molar-refractivity contribution in [1.29, 1.82) is 0 Å². The van der Waals surface area contributed by atoms with Gasteiger partial charge in [0.15, 0.2) is 17.7 Å². The molecular weight excluding hydrogens is 425 g/mol. The number of nitrogens with one attached hydrogen (secondary N) is 1. The molecule has 11 nitrogen and oxygen atoms in total. The Morgan fingerprint density at radius 3 is 2.65 bits per heavy atom. The Morgan fingerprint density at radius 1 is 1.32 bits per heavy atom. The number of fused-ring (bicyclic) bond motifs is 1. The van der Waals surface area contributed by atoms with Crippen LogP contribution >= 0.6 is 7.60 Å². The van der Waals surface area contributed by atoms with Crippen LogP contribution in [-0.2, 0) is 13.8 Å². The van der Waals surface area contributed by atoms with E-state index in [9.17, 15) is 19.7 Å². The number of aliphatic hydroxyl groups excluding tert-OH is 2. The maximum absolute atomic E-state index is 12.6. The summed E-state index contributed by atoms with van der Waals surface area (Å²) in [4.78, 5) is 23.0. The average molecular weight is 457 g/mol. The highest BCUT2D eigenvalue weighted by Gasteiger charge is 2.48. The Hall–Kier alpha value is -1.62. The molecule has 4 N–H and O–H groups in total. The second kappa shape index (κ2) is 9.09. The molecule has 0 radical (unpaired) electrons. The number of nitrogens with zero attached hydrogens (tertiary/aromatic N) is 4. The number of hydrogen-bond acceptors (Lipinski definition) is 9. The van der Waals surface area contributed by atoms with E-state index in [-0.39, 0.29) is 6.42 Å². The fourth-order valence-corrected chi connectivity index (χ4v) is 5.13. The van der Waals surface area contributed by atoms with Crippen molar-refractivity contribution in [2.75, 3.05) is 12.4 Å². The Labute approximate surface area is 181 Å². The molecule has 0 saturated carbocycles. The van der Waals surface area contributed by atoms with E-state index in [0.717, 1.165) is 0 Å². The lowest BCUT2D eigenvalue weighted by Crippen LogP contribution is -2.38. The number of aromatic nitrogens is 4. The van der Waals surface area contributed by atoms with Crippen molar-refractivity contribution in [3.63, 3.8) is 0 Å². The average Bonchev–Trinajstić information content (AvgIpc) is 3.28. The summed E-state index contributed by atoms with van der Waals surface area (Å²) in [5.74, 6) is 0.532. The number of hydrogen-bond donors (Lipinski definition) is 4. The van der Waals surface area contributed by atoms with E-state index < -0.39 is 43.4 Å². The van der Waals surface area contributed by atoms with Gasteiger partial charge in [0.2, 0.25) is 0 Å². The molecular formula is C19H32N5O6P. The van der Waals surface area contributed by atoms with Gasteiger partial charge in [0, 0.05) is 13.5 Å². The van der Waals surface area contributed by atoms with Gasteiger partial charge in [-0.05, 0) is 19.8 Å². The van der Waals surface area contributed by atoms with Crippen molar-refractivity contribution in [3.8, 4) is 0 Å². The topological polar surface area (TPSA) is 152 Å². The third-order valence-corrected chi connectivity index (χ3v) is 8.27. The van der Waals surface area contributed by atoms with E-state index in [1.807, 2.05) is 13.8 Å². The fraction of sp³-hybridized carbons (Fsp3) is 0.737. The van der Waals surface area contributed by atoms with Crippen molar-refractivity contribution in [2.45, 2.75) is 82.8 Å². The third-order valence-electron chi connectivity index (χ3n) is 6.09. The zero-order valence-electron chi connectivity index (χ0n) is 18.5.